The predicted octanol–water partition coefficient (Wildman–Crippen LogP) is 3.44. The quantitative estimate of drug-likeness (QED) is 0.253. The standard InChI is InChI=1S/C15H13Cl2N3O6S/c16-7-15(21)19-11-5-9(8-18-27(24)25)14(6-12(11)20(22)23)26-13-4-2-1-3-10(13)17/h1-6,18H,7-8H2,(H,19,21)(H,24,25). The highest BCUT2D eigenvalue weighted by molar-refractivity contribution is 7.77. The molecule has 0 radical (unpaired) electrons. The molecule has 0 fully saturated rings. The molecule has 1 amide bonds. The van der Waals surface area contributed by atoms with Gasteiger partial charge in [0, 0.05) is 12.1 Å². The number of nitro groups is 1. The van der Waals surface area contributed by atoms with Crippen LogP contribution in [0.3, 0.4) is 0 Å². The van der Waals surface area contributed by atoms with Gasteiger partial charge in [-0.2, -0.15) is 0 Å². The highest BCUT2D eigenvalue weighted by atomic mass is 35.5. The van der Waals surface area contributed by atoms with Gasteiger partial charge in [0.1, 0.15) is 23.1 Å². The van der Waals surface area contributed by atoms with Gasteiger partial charge in [-0.05, 0) is 18.2 Å². The number of amides is 1. The number of nitrogens with zero attached hydrogens (tertiary/aromatic N) is 1. The highest BCUT2D eigenvalue weighted by Crippen LogP contribution is 2.37. The molecule has 0 aliphatic rings. The minimum absolute atomic E-state index is 0.0247. The van der Waals surface area contributed by atoms with Gasteiger partial charge in [-0.3, -0.25) is 19.5 Å². The number of anilines is 1. The molecule has 0 heterocycles. The van der Waals surface area contributed by atoms with Crippen LogP contribution in [0.25, 0.3) is 0 Å². The second-order valence-electron chi connectivity index (χ2n) is 5.02. The first-order valence-corrected chi connectivity index (χ1v) is 9.27. The van der Waals surface area contributed by atoms with Crippen molar-refractivity contribution < 1.29 is 23.2 Å². The molecular formula is C15H13Cl2N3O6S. The van der Waals surface area contributed by atoms with Gasteiger partial charge in [0.2, 0.25) is 17.2 Å². The third kappa shape index (κ3) is 5.88. The van der Waals surface area contributed by atoms with Crippen LogP contribution in [0.15, 0.2) is 36.4 Å². The molecule has 144 valence electrons. The molecule has 27 heavy (non-hydrogen) atoms. The van der Waals surface area contributed by atoms with Crippen molar-refractivity contribution in [1.82, 2.24) is 4.72 Å². The fraction of sp³-hybridized carbons (Fsp3) is 0.133. The second-order valence-corrected chi connectivity index (χ2v) is 6.48. The van der Waals surface area contributed by atoms with E-state index in [1.54, 1.807) is 24.3 Å². The summed E-state index contributed by atoms with van der Waals surface area (Å²) in [5.41, 5.74) is -0.296. The van der Waals surface area contributed by atoms with Crippen LogP contribution in [0.1, 0.15) is 5.56 Å². The molecule has 2 aromatic carbocycles. The number of para-hydroxylation sites is 1. The Hall–Kier alpha value is -2.24. The van der Waals surface area contributed by atoms with Gasteiger partial charge in [-0.15, -0.1) is 11.6 Å². The van der Waals surface area contributed by atoms with Crippen molar-refractivity contribution in [2.45, 2.75) is 6.54 Å². The Balaban J connectivity index is 2.52. The number of halogens is 2. The average molecular weight is 434 g/mol. The molecule has 0 bridgehead atoms. The van der Waals surface area contributed by atoms with E-state index in [-0.39, 0.29) is 34.3 Å². The molecule has 0 aromatic heterocycles. The Bertz CT molecular complexity index is 896. The lowest BCUT2D eigenvalue weighted by Gasteiger charge is -2.14. The van der Waals surface area contributed by atoms with Crippen molar-refractivity contribution in [1.29, 1.82) is 0 Å². The lowest BCUT2D eigenvalue weighted by molar-refractivity contribution is -0.384. The molecule has 2 rings (SSSR count). The van der Waals surface area contributed by atoms with Crippen molar-refractivity contribution in [2.24, 2.45) is 0 Å². The smallest absolute Gasteiger partial charge is 0.296 e. The first-order chi connectivity index (χ1) is 12.8. The molecule has 1 atom stereocenters. The average Bonchev–Trinajstić information content (AvgIpc) is 2.62. The number of rotatable bonds is 8. The lowest BCUT2D eigenvalue weighted by Crippen LogP contribution is -2.17. The van der Waals surface area contributed by atoms with E-state index in [4.69, 9.17) is 32.5 Å². The van der Waals surface area contributed by atoms with Gasteiger partial charge in [0.05, 0.1) is 16.0 Å². The largest absolute Gasteiger partial charge is 0.455 e. The Morgan fingerprint density at radius 1 is 1.30 bits per heavy atom. The maximum Gasteiger partial charge on any atom is 0.296 e. The summed E-state index contributed by atoms with van der Waals surface area (Å²) in [6, 6.07) is 8.81. The molecule has 0 aliphatic carbocycles. The van der Waals surface area contributed by atoms with Crippen LogP contribution in [0.4, 0.5) is 11.4 Å². The van der Waals surface area contributed by atoms with Crippen LogP contribution < -0.4 is 14.8 Å². The topological polar surface area (TPSA) is 131 Å². The summed E-state index contributed by atoms with van der Waals surface area (Å²) in [4.78, 5) is 22.2. The maximum absolute atomic E-state index is 11.5. The summed E-state index contributed by atoms with van der Waals surface area (Å²) in [5, 5.41) is 14.0. The number of nitrogens with one attached hydrogen (secondary N) is 2. The normalized spacial score (nSPS) is 11.7. The molecule has 0 aliphatic heterocycles. The van der Waals surface area contributed by atoms with Gasteiger partial charge in [-0.25, -0.2) is 8.93 Å². The van der Waals surface area contributed by atoms with E-state index >= 15 is 0 Å². The van der Waals surface area contributed by atoms with E-state index in [0.29, 0.717) is 0 Å². The predicted molar refractivity (Wildman–Crippen MR) is 102 cm³/mol. The Morgan fingerprint density at radius 2 is 2.00 bits per heavy atom. The first-order valence-electron chi connectivity index (χ1n) is 7.25. The van der Waals surface area contributed by atoms with Crippen molar-refractivity contribution >= 4 is 51.8 Å². The lowest BCUT2D eigenvalue weighted by atomic mass is 10.1. The number of benzene rings is 2. The molecule has 12 heteroatoms. The van der Waals surface area contributed by atoms with Crippen LogP contribution >= 0.6 is 23.2 Å². The van der Waals surface area contributed by atoms with Gasteiger partial charge < -0.3 is 10.1 Å². The fourth-order valence-corrected chi connectivity index (χ4v) is 2.59. The van der Waals surface area contributed by atoms with Crippen molar-refractivity contribution in [2.75, 3.05) is 11.2 Å². The molecule has 1 unspecified atom stereocenters. The number of hydrogen-bond donors (Lipinski definition) is 3. The third-order valence-electron chi connectivity index (χ3n) is 3.21. The SMILES string of the molecule is O=C(CCl)Nc1cc(CNS(=O)O)c(Oc2ccccc2Cl)cc1[N+](=O)[O-]. The molecule has 3 N–H and O–H groups in total. The van der Waals surface area contributed by atoms with Crippen LogP contribution in [-0.2, 0) is 22.6 Å². The van der Waals surface area contributed by atoms with E-state index in [1.165, 1.54) is 6.07 Å². The van der Waals surface area contributed by atoms with Crippen molar-refractivity contribution in [3.05, 3.63) is 57.1 Å². The van der Waals surface area contributed by atoms with Crippen molar-refractivity contribution in [3.8, 4) is 11.5 Å². The number of nitro benzene ring substituents is 1. The summed E-state index contributed by atoms with van der Waals surface area (Å²) < 4.78 is 27.8. The Kier molecular flexibility index (Phi) is 7.51. The Morgan fingerprint density at radius 3 is 2.59 bits per heavy atom. The minimum atomic E-state index is -2.33. The zero-order valence-electron chi connectivity index (χ0n) is 13.5. The highest BCUT2D eigenvalue weighted by Gasteiger charge is 2.21. The summed E-state index contributed by atoms with van der Waals surface area (Å²) in [5.74, 6) is -0.790. The first kappa shape index (κ1) is 21.1. The monoisotopic (exact) mass is 433 g/mol. The van der Waals surface area contributed by atoms with Gasteiger partial charge in [0.25, 0.3) is 5.69 Å². The van der Waals surface area contributed by atoms with Crippen LogP contribution in [0, 0.1) is 10.1 Å². The zero-order chi connectivity index (χ0) is 20.0. The minimum Gasteiger partial charge on any atom is -0.455 e. The summed E-state index contributed by atoms with van der Waals surface area (Å²) >= 11 is 9.13. The molecule has 0 saturated carbocycles. The van der Waals surface area contributed by atoms with E-state index in [9.17, 15) is 19.1 Å². The molecule has 0 saturated heterocycles. The van der Waals surface area contributed by atoms with Crippen LogP contribution in [0.2, 0.25) is 5.02 Å². The van der Waals surface area contributed by atoms with Crippen LogP contribution in [0.5, 0.6) is 11.5 Å². The summed E-state index contributed by atoms with van der Waals surface area (Å²) in [6.45, 7) is -0.176. The number of alkyl halides is 1. The van der Waals surface area contributed by atoms with Crippen LogP contribution in [-0.4, -0.2) is 25.5 Å². The molecule has 0 spiro atoms. The van der Waals surface area contributed by atoms with E-state index in [0.717, 1.165) is 6.07 Å². The maximum atomic E-state index is 11.5. The second kappa shape index (κ2) is 9.62. The van der Waals surface area contributed by atoms with Crippen molar-refractivity contribution in [3.63, 3.8) is 0 Å². The Labute approximate surface area is 166 Å². The molecule has 2 aromatic rings. The zero-order valence-corrected chi connectivity index (χ0v) is 15.8. The van der Waals surface area contributed by atoms with Gasteiger partial charge >= 0.3 is 0 Å². The van der Waals surface area contributed by atoms with E-state index < -0.39 is 33.7 Å². The van der Waals surface area contributed by atoms with E-state index in [2.05, 4.69) is 10.0 Å². The molecule has 9 nitrogen and oxygen atoms in total. The number of hydrogen-bond acceptors (Lipinski definition) is 5. The van der Waals surface area contributed by atoms with E-state index in [1.807, 2.05) is 0 Å². The number of ether oxygens (including phenoxy) is 1. The summed E-state index contributed by atoms with van der Waals surface area (Å²) in [6.07, 6.45) is 0. The third-order valence-corrected chi connectivity index (χ3v) is 4.16. The molecular weight excluding hydrogens is 421 g/mol. The number of carbonyl (C=O) groups excluding carboxylic acids is 1. The van der Waals surface area contributed by atoms with Gasteiger partial charge in [-0.1, -0.05) is 23.7 Å². The van der Waals surface area contributed by atoms with Gasteiger partial charge in [0.15, 0.2) is 0 Å². The number of carbonyl (C=O) groups is 1. The summed E-state index contributed by atoms with van der Waals surface area (Å²) in [7, 11) is 0. The fourth-order valence-electron chi connectivity index (χ4n) is 2.07.